The number of rotatable bonds is 4. The number of nitrogens with zero attached hydrogens (tertiary/aromatic N) is 2. The summed E-state index contributed by atoms with van der Waals surface area (Å²) in [5.74, 6) is 0. The molecule has 0 heterocycles. The first-order valence-electron chi connectivity index (χ1n) is 4.08. The topological polar surface area (TPSA) is 113 Å². The van der Waals surface area contributed by atoms with Crippen molar-refractivity contribution in [2.75, 3.05) is 6.54 Å². The third kappa shape index (κ3) is 2.75. The summed E-state index contributed by atoms with van der Waals surface area (Å²) in [7, 11) is -3.86. The molecule has 0 spiro atoms. The lowest BCUT2D eigenvalue weighted by molar-refractivity contribution is -0.385. The molecule has 0 aliphatic heterocycles. The highest BCUT2D eigenvalue weighted by Crippen LogP contribution is 2.16. The van der Waals surface area contributed by atoms with Crippen LogP contribution in [-0.2, 0) is 10.0 Å². The van der Waals surface area contributed by atoms with E-state index in [1.54, 1.807) is 6.07 Å². The van der Waals surface area contributed by atoms with Gasteiger partial charge in [0.1, 0.15) is 0 Å². The van der Waals surface area contributed by atoms with Crippen LogP contribution in [0.2, 0.25) is 0 Å². The van der Waals surface area contributed by atoms with Crippen LogP contribution in [0.5, 0.6) is 0 Å². The molecule has 0 saturated carbocycles. The van der Waals surface area contributed by atoms with E-state index in [-0.39, 0.29) is 17.1 Å². The number of nitro benzene ring substituents is 1. The third-order valence-electron chi connectivity index (χ3n) is 1.68. The Balaban J connectivity index is 3.10. The van der Waals surface area contributed by atoms with Gasteiger partial charge in [-0.15, -0.1) is 0 Å². The monoisotopic (exact) mass is 241 g/mol. The van der Waals surface area contributed by atoms with Gasteiger partial charge < -0.3 is 0 Å². The normalized spacial score (nSPS) is 10.7. The van der Waals surface area contributed by atoms with E-state index in [4.69, 9.17) is 5.26 Å². The van der Waals surface area contributed by atoms with Crippen LogP contribution in [0.3, 0.4) is 0 Å². The van der Waals surface area contributed by atoms with Crippen molar-refractivity contribution in [1.82, 2.24) is 4.72 Å². The first-order chi connectivity index (χ1) is 7.47. The summed E-state index contributed by atoms with van der Waals surface area (Å²) in [4.78, 5) is 9.50. The van der Waals surface area contributed by atoms with Crippen molar-refractivity contribution >= 4 is 15.7 Å². The lowest BCUT2D eigenvalue weighted by Gasteiger charge is -2.02. The van der Waals surface area contributed by atoms with Crippen LogP contribution in [0, 0.1) is 21.4 Å². The molecule has 7 nitrogen and oxygen atoms in total. The summed E-state index contributed by atoms with van der Waals surface area (Å²) in [5.41, 5.74) is -0.320. The molecule has 1 aromatic carbocycles. The van der Waals surface area contributed by atoms with Crippen LogP contribution in [0.1, 0.15) is 0 Å². The number of nitro groups is 1. The second-order valence-electron chi connectivity index (χ2n) is 2.74. The first-order valence-corrected chi connectivity index (χ1v) is 5.57. The zero-order valence-electron chi connectivity index (χ0n) is 7.95. The molecular weight excluding hydrogens is 234 g/mol. The van der Waals surface area contributed by atoms with Gasteiger partial charge in [0.2, 0.25) is 10.0 Å². The molecule has 8 heteroatoms. The quantitative estimate of drug-likeness (QED) is 0.465. The number of sulfonamides is 1. The number of benzene rings is 1. The molecule has 0 amide bonds. The molecule has 0 aliphatic rings. The molecule has 1 rings (SSSR count). The molecule has 16 heavy (non-hydrogen) atoms. The average Bonchev–Trinajstić information content (AvgIpc) is 2.26. The molecule has 0 bridgehead atoms. The summed E-state index contributed by atoms with van der Waals surface area (Å²) in [6, 6.07) is 6.20. The molecule has 0 atom stereocenters. The number of nitriles is 1. The van der Waals surface area contributed by atoms with Gasteiger partial charge in [-0.3, -0.25) is 10.1 Å². The number of non-ortho nitro benzene ring substituents is 1. The van der Waals surface area contributed by atoms with E-state index in [2.05, 4.69) is 0 Å². The van der Waals surface area contributed by atoms with Crippen molar-refractivity contribution in [1.29, 1.82) is 5.26 Å². The summed E-state index contributed by atoms with van der Waals surface area (Å²) >= 11 is 0. The highest BCUT2D eigenvalue weighted by molar-refractivity contribution is 7.89. The van der Waals surface area contributed by atoms with Gasteiger partial charge in [-0.1, -0.05) is 6.07 Å². The smallest absolute Gasteiger partial charge is 0.258 e. The standard InChI is InChI=1S/C8H7N3O4S/c9-4-5-10-16(14,15)8-3-1-2-7(6-8)11(12)13/h1-3,6,10H,5H2. The Bertz CT molecular complexity index is 547. The van der Waals surface area contributed by atoms with Crippen LogP contribution < -0.4 is 4.72 Å². The van der Waals surface area contributed by atoms with E-state index >= 15 is 0 Å². The minimum atomic E-state index is -3.86. The summed E-state index contributed by atoms with van der Waals surface area (Å²) in [6.45, 7) is -0.384. The Hall–Kier alpha value is -1.98. The van der Waals surface area contributed by atoms with Crippen molar-refractivity contribution in [2.45, 2.75) is 4.90 Å². The van der Waals surface area contributed by atoms with Crippen molar-refractivity contribution in [2.24, 2.45) is 0 Å². The minimum absolute atomic E-state index is 0.239. The highest BCUT2D eigenvalue weighted by atomic mass is 32.2. The van der Waals surface area contributed by atoms with Gasteiger partial charge in [-0.05, 0) is 6.07 Å². The minimum Gasteiger partial charge on any atom is -0.258 e. The average molecular weight is 241 g/mol. The van der Waals surface area contributed by atoms with Gasteiger partial charge in [0.05, 0.1) is 22.4 Å². The van der Waals surface area contributed by atoms with Crippen molar-refractivity contribution in [3.05, 3.63) is 34.4 Å². The lowest BCUT2D eigenvalue weighted by Crippen LogP contribution is -2.23. The SMILES string of the molecule is N#CCNS(=O)(=O)c1cccc([N+](=O)[O-])c1. The van der Waals surface area contributed by atoms with Crippen molar-refractivity contribution in [3.63, 3.8) is 0 Å². The molecule has 0 saturated heterocycles. The zero-order chi connectivity index (χ0) is 12.2. The van der Waals surface area contributed by atoms with E-state index in [1.807, 2.05) is 4.72 Å². The van der Waals surface area contributed by atoms with E-state index in [9.17, 15) is 18.5 Å². The Morgan fingerprint density at radius 1 is 1.50 bits per heavy atom. The molecule has 0 aliphatic carbocycles. The second kappa shape index (κ2) is 4.69. The maximum Gasteiger partial charge on any atom is 0.270 e. The van der Waals surface area contributed by atoms with Gasteiger partial charge in [0.15, 0.2) is 0 Å². The van der Waals surface area contributed by atoms with Gasteiger partial charge in [-0.2, -0.15) is 9.98 Å². The maximum absolute atomic E-state index is 11.5. The zero-order valence-corrected chi connectivity index (χ0v) is 8.77. The Morgan fingerprint density at radius 2 is 2.19 bits per heavy atom. The predicted octanol–water partition coefficient (Wildman–Crippen LogP) is 0.397. The number of hydrogen-bond donors (Lipinski definition) is 1. The highest BCUT2D eigenvalue weighted by Gasteiger charge is 2.16. The number of nitrogens with one attached hydrogen (secondary N) is 1. The fourth-order valence-corrected chi connectivity index (χ4v) is 1.93. The van der Waals surface area contributed by atoms with E-state index in [0.717, 1.165) is 6.07 Å². The Labute approximate surface area is 91.5 Å². The first kappa shape index (κ1) is 12.1. The molecule has 0 fully saturated rings. The van der Waals surface area contributed by atoms with E-state index < -0.39 is 14.9 Å². The van der Waals surface area contributed by atoms with Crippen LogP contribution in [0.4, 0.5) is 5.69 Å². The van der Waals surface area contributed by atoms with Crippen LogP contribution in [-0.4, -0.2) is 19.9 Å². The molecular formula is C8H7N3O4S. The molecule has 0 radical (unpaired) electrons. The fraction of sp³-hybridized carbons (Fsp3) is 0.125. The molecule has 84 valence electrons. The summed E-state index contributed by atoms with van der Waals surface area (Å²) in [5, 5.41) is 18.7. The second-order valence-corrected chi connectivity index (χ2v) is 4.50. The maximum atomic E-state index is 11.5. The van der Waals surface area contributed by atoms with E-state index in [0.29, 0.717) is 0 Å². The van der Waals surface area contributed by atoms with Gasteiger partial charge >= 0.3 is 0 Å². The summed E-state index contributed by atoms with van der Waals surface area (Å²) < 4.78 is 24.9. The molecule has 0 unspecified atom stereocenters. The lowest BCUT2D eigenvalue weighted by atomic mass is 10.3. The third-order valence-corrected chi connectivity index (χ3v) is 3.08. The van der Waals surface area contributed by atoms with E-state index in [1.165, 1.54) is 18.2 Å². The molecule has 0 aromatic heterocycles. The predicted molar refractivity (Wildman–Crippen MR) is 53.9 cm³/mol. The van der Waals surface area contributed by atoms with Crippen molar-refractivity contribution in [3.8, 4) is 6.07 Å². The fourth-order valence-electron chi connectivity index (χ4n) is 0.975. The van der Waals surface area contributed by atoms with Crippen molar-refractivity contribution < 1.29 is 13.3 Å². The van der Waals surface area contributed by atoms with Crippen LogP contribution in [0.25, 0.3) is 0 Å². The van der Waals surface area contributed by atoms with Gasteiger partial charge in [0, 0.05) is 12.1 Å². The van der Waals surface area contributed by atoms with Crippen LogP contribution in [0.15, 0.2) is 29.2 Å². The Kier molecular flexibility index (Phi) is 3.55. The largest absolute Gasteiger partial charge is 0.270 e. The molecule has 1 aromatic rings. The molecule has 1 N–H and O–H groups in total. The van der Waals surface area contributed by atoms with Gasteiger partial charge in [0.25, 0.3) is 5.69 Å². The Morgan fingerprint density at radius 3 is 2.75 bits per heavy atom. The van der Waals surface area contributed by atoms with Crippen LogP contribution >= 0.6 is 0 Å². The number of hydrogen-bond acceptors (Lipinski definition) is 5. The summed E-state index contributed by atoms with van der Waals surface area (Å²) in [6.07, 6.45) is 0. The van der Waals surface area contributed by atoms with Gasteiger partial charge in [-0.25, -0.2) is 8.42 Å².